The van der Waals surface area contributed by atoms with Crippen molar-refractivity contribution in [2.24, 2.45) is 5.41 Å². The number of benzene rings is 1. The molecule has 0 fully saturated rings. The van der Waals surface area contributed by atoms with E-state index < -0.39 is 17.4 Å². The number of fused-ring (bicyclic) bond motifs is 1. The fourth-order valence-electron chi connectivity index (χ4n) is 2.37. The molecule has 1 aromatic carbocycles. The van der Waals surface area contributed by atoms with Gasteiger partial charge in [0.15, 0.2) is 5.41 Å². The van der Waals surface area contributed by atoms with Gasteiger partial charge in [0, 0.05) is 12.8 Å². The number of hydrogen-bond acceptors (Lipinski definition) is 4. The zero-order chi connectivity index (χ0) is 14.8. The highest BCUT2D eigenvalue weighted by molar-refractivity contribution is 5.98. The summed E-state index contributed by atoms with van der Waals surface area (Å²) >= 11 is 0. The Morgan fingerprint density at radius 2 is 2.15 bits per heavy atom. The molecular weight excluding hydrogens is 260 g/mol. The molecule has 0 saturated carbocycles. The Hall–Kier alpha value is -2.04. The molecule has 2 atom stereocenters. The number of para-hydroxylation sites is 1. The SMILES string of the molecule is CCOC(=O)C(C)(CC1Cc2ccccc2O1)C(=O)O. The van der Waals surface area contributed by atoms with E-state index in [0.29, 0.717) is 6.42 Å². The fourth-order valence-corrected chi connectivity index (χ4v) is 2.37. The van der Waals surface area contributed by atoms with Gasteiger partial charge in [-0.3, -0.25) is 9.59 Å². The Morgan fingerprint density at radius 1 is 1.45 bits per heavy atom. The quantitative estimate of drug-likeness (QED) is 0.659. The lowest BCUT2D eigenvalue weighted by Crippen LogP contribution is -2.41. The minimum atomic E-state index is -1.58. The molecule has 1 aliphatic heterocycles. The first-order chi connectivity index (χ1) is 9.47. The van der Waals surface area contributed by atoms with Gasteiger partial charge in [0.05, 0.1) is 6.61 Å². The summed E-state index contributed by atoms with van der Waals surface area (Å²) in [7, 11) is 0. The first-order valence-electron chi connectivity index (χ1n) is 6.62. The topological polar surface area (TPSA) is 72.8 Å². The van der Waals surface area contributed by atoms with Crippen molar-refractivity contribution in [3.8, 4) is 5.75 Å². The van der Waals surface area contributed by atoms with Crippen LogP contribution in [0.1, 0.15) is 25.8 Å². The smallest absolute Gasteiger partial charge is 0.323 e. The van der Waals surface area contributed by atoms with E-state index in [9.17, 15) is 14.7 Å². The molecular formula is C15H18O5. The third-order valence-corrected chi connectivity index (χ3v) is 3.55. The van der Waals surface area contributed by atoms with E-state index in [4.69, 9.17) is 9.47 Å². The Balaban J connectivity index is 2.11. The normalized spacial score (nSPS) is 19.6. The van der Waals surface area contributed by atoms with E-state index in [2.05, 4.69) is 0 Å². The summed E-state index contributed by atoms with van der Waals surface area (Å²) in [4.78, 5) is 23.4. The van der Waals surface area contributed by atoms with Crippen LogP contribution in [0.25, 0.3) is 0 Å². The largest absolute Gasteiger partial charge is 0.490 e. The lowest BCUT2D eigenvalue weighted by Gasteiger charge is -2.25. The maximum absolute atomic E-state index is 11.9. The van der Waals surface area contributed by atoms with Gasteiger partial charge in [-0.25, -0.2) is 0 Å². The molecule has 1 aliphatic rings. The van der Waals surface area contributed by atoms with Gasteiger partial charge in [-0.15, -0.1) is 0 Å². The summed E-state index contributed by atoms with van der Waals surface area (Å²) in [5, 5.41) is 9.35. The Morgan fingerprint density at radius 3 is 2.75 bits per heavy atom. The van der Waals surface area contributed by atoms with Crippen molar-refractivity contribution < 1.29 is 24.2 Å². The molecule has 0 aliphatic carbocycles. The van der Waals surface area contributed by atoms with E-state index in [1.807, 2.05) is 24.3 Å². The molecule has 0 spiro atoms. The Kier molecular flexibility index (Phi) is 3.97. The highest BCUT2D eigenvalue weighted by atomic mass is 16.5. The van der Waals surface area contributed by atoms with E-state index in [1.54, 1.807) is 6.92 Å². The van der Waals surface area contributed by atoms with Gasteiger partial charge in [0.25, 0.3) is 0 Å². The summed E-state index contributed by atoms with van der Waals surface area (Å²) in [5.74, 6) is -1.14. The summed E-state index contributed by atoms with van der Waals surface area (Å²) in [6.07, 6.45) is 0.381. The zero-order valence-electron chi connectivity index (χ0n) is 11.6. The number of ether oxygens (including phenoxy) is 2. The molecule has 0 saturated heterocycles. The van der Waals surface area contributed by atoms with Crippen LogP contribution < -0.4 is 4.74 Å². The molecule has 1 N–H and O–H groups in total. The predicted octanol–water partition coefficient (Wildman–Crippen LogP) is 2.03. The van der Waals surface area contributed by atoms with Crippen LogP contribution in [-0.2, 0) is 20.7 Å². The van der Waals surface area contributed by atoms with E-state index in [1.165, 1.54) is 6.92 Å². The third-order valence-electron chi connectivity index (χ3n) is 3.55. The van der Waals surface area contributed by atoms with Gasteiger partial charge in [-0.05, 0) is 25.5 Å². The van der Waals surface area contributed by atoms with Gasteiger partial charge in [0.1, 0.15) is 11.9 Å². The minimum absolute atomic E-state index is 0.0931. The minimum Gasteiger partial charge on any atom is -0.490 e. The molecule has 0 bridgehead atoms. The number of hydrogen-bond donors (Lipinski definition) is 1. The number of carboxylic acids is 1. The van der Waals surface area contributed by atoms with Crippen molar-refractivity contribution in [3.05, 3.63) is 29.8 Å². The lowest BCUT2D eigenvalue weighted by atomic mass is 9.83. The molecule has 0 amide bonds. The van der Waals surface area contributed by atoms with Crippen LogP contribution in [0.15, 0.2) is 24.3 Å². The maximum Gasteiger partial charge on any atom is 0.323 e. The van der Waals surface area contributed by atoms with Gasteiger partial charge in [-0.1, -0.05) is 18.2 Å². The first kappa shape index (κ1) is 14.4. The molecule has 1 aromatic rings. The molecule has 1 heterocycles. The summed E-state index contributed by atoms with van der Waals surface area (Å²) in [6.45, 7) is 3.20. The number of carbonyl (C=O) groups is 2. The number of rotatable bonds is 5. The highest BCUT2D eigenvalue weighted by Gasteiger charge is 2.46. The third kappa shape index (κ3) is 2.61. The Bertz CT molecular complexity index is 500. The molecule has 5 heteroatoms. The second kappa shape index (κ2) is 5.53. The first-order valence-corrected chi connectivity index (χ1v) is 6.62. The molecule has 2 unspecified atom stereocenters. The van der Waals surface area contributed by atoms with Gasteiger partial charge >= 0.3 is 11.9 Å². The number of carbonyl (C=O) groups excluding carboxylic acids is 1. The number of carboxylic acid groups (broad SMARTS) is 1. The van der Waals surface area contributed by atoms with Gasteiger partial charge in [0.2, 0.25) is 0 Å². The Labute approximate surface area is 117 Å². The molecule has 0 aromatic heterocycles. The van der Waals surface area contributed by atoms with Crippen LogP contribution in [0, 0.1) is 5.41 Å². The molecule has 0 radical (unpaired) electrons. The highest BCUT2D eigenvalue weighted by Crippen LogP contribution is 2.35. The average Bonchev–Trinajstić information content (AvgIpc) is 2.80. The second-order valence-electron chi connectivity index (χ2n) is 5.11. The van der Waals surface area contributed by atoms with Gasteiger partial charge in [-0.2, -0.15) is 0 Å². The van der Waals surface area contributed by atoms with Crippen molar-refractivity contribution in [3.63, 3.8) is 0 Å². The van der Waals surface area contributed by atoms with Crippen LogP contribution >= 0.6 is 0 Å². The van der Waals surface area contributed by atoms with E-state index in [0.717, 1.165) is 11.3 Å². The van der Waals surface area contributed by atoms with Gasteiger partial charge < -0.3 is 14.6 Å². The molecule has 5 nitrogen and oxygen atoms in total. The van der Waals surface area contributed by atoms with Crippen LogP contribution in [0.2, 0.25) is 0 Å². The van der Waals surface area contributed by atoms with Crippen molar-refractivity contribution >= 4 is 11.9 Å². The second-order valence-corrected chi connectivity index (χ2v) is 5.11. The van der Waals surface area contributed by atoms with Crippen molar-refractivity contribution in [1.29, 1.82) is 0 Å². The fraction of sp³-hybridized carbons (Fsp3) is 0.467. The summed E-state index contributed by atoms with van der Waals surface area (Å²) in [5.41, 5.74) is -0.544. The molecule has 2 rings (SSSR count). The summed E-state index contributed by atoms with van der Waals surface area (Å²) in [6, 6.07) is 7.56. The van der Waals surface area contributed by atoms with Crippen LogP contribution in [0.4, 0.5) is 0 Å². The van der Waals surface area contributed by atoms with Crippen LogP contribution in [-0.4, -0.2) is 29.8 Å². The lowest BCUT2D eigenvalue weighted by molar-refractivity contribution is -0.169. The molecule has 20 heavy (non-hydrogen) atoms. The standard InChI is InChI=1S/C15H18O5/c1-3-19-14(18)15(2,13(16)17)9-11-8-10-6-4-5-7-12(10)20-11/h4-7,11H,3,8-9H2,1-2H3,(H,16,17). The zero-order valence-corrected chi connectivity index (χ0v) is 11.6. The van der Waals surface area contributed by atoms with Crippen molar-refractivity contribution in [1.82, 2.24) is 0 Å². The number of aliphatic carboxylic acids is 1. The maximum atomic E-state index is 11.9. The predicted molar refractivity (Wildman–Crippen MR) is 71.6 cm³/mol. The van der Waals surface area contributed by atoms with E-state index >= 15 is 0 Å². The molecule has 108 valence electrons. The van der Waals surface area contributed by atoms with E-state index in [-0.39, 0.29) is 19.1 Å². The van der Waals surface area contributed by atoms with Crippen molar-refractivity contribution in [2.75, 3.05) is 6.61 Å². The van der Waals surface area contributed by atoms with Crippen LogP contribution in [0.5, 0.6) is 5.75 Å². The monoisotopic (exact) mass is 278 g/mol. The van der Waals surface area contributed by atoms with Crippen molar-refractivity contribution in [2.45, 2.75) is 32.8 Å². The summed E-state index contributed by atoms with van der Waals surface area (Å²) < 4.78 is 10.6. The van der Waals surface area contributed by atoms with Crippen LogP contribution in [0.3, 0.4) is 0 Å². The average molecular weight is 278 g/mol. The number of esters is 1.